The predicted molar refractivity (Wildman–Crippen MR) is 93.4 cm³/mol. The molecule has 2 aliphatic rings. The summed E-state index contributed by atoms with van der Waals surface area (Å²) in [6, 6.07) is -0.0375. The largest absolute Gasteiger partial charge is 0.370 e. The molecule has 0 radical (unpaired) electrons. The van der Waals surface area contributed by atoms with Crippen molar-refractivity contribution in [3.63, 3.8) is 0 Å². The van der Waals surface area contributed by atoms with Crippen molar-refractivity contribution in [2.75, 3.05) is 26.7 Å². The average Bonchev–Trinajstić information content (AvgIpc) is 2.55. The SMILES string of the molecule is CCCCCCCC1NCC(F)[C@@H](OC2CCN(C)CC2)C1N. The molecule has 4 atom stereocenters. The Hall–Kier alpha value is -0.230. The van der Waals surface area contributed by atoms with Crippen LogP contribution in [0.3, 0.4) is 0 Å². The summed E-state index contributed by atoms with van der Waals surface area (Å²) in [7, 11) is 2.12. The molecule has 2 saturated heterocycles. The van der Waals surface area contributed by atoms with Gasteiger partial charge in [0.25, 0.3) is 0 Å². The van der Waals surface area contributed by atoms with E-state index < -0.39 is 12.3 Å². The zero-order chi connectivity index (χ0) is 16.7. The first-order valence-electron chi connectivity index (χ1n) is 9.58. The van der Waals surface area contributed by atoms with Gasteiger partial charge in [-0.3, -0.25) is 0 Å². The molecule has 5 heteroatoms. The minimum Gasteiger partial charge on any atom is -0.370 e. The molecule has 0 aromatic carbocycles. The number of halogens is 1. The van der Waals surface area contributed by atoms with Crippen LogP contribution in [0.1, 0.15) is 58.3 Å². The van der Waals surface area contributed by atoms with Gasteiger partial charge in [-0.2, -0.15) is 0 Å². The minimum absolute atomic E-state index is 0.170. The standard InChI is InChI=1S/C18H36FN3O/c1-3-4-5-6-7-8-16-17(20)18(15(19)13-21-16)23-14-9-11-22(2)12-10-14/h14-18,21H,3-13,20H2,1-2H3/t15?,16?,17?,18-/m1/s1. The van der Waals surface area contributed by atoms with Crippen LogP contribution in [0, 0.1) is 0 Å². The van der Waals surface area contributed by atoms with E-state index in [0.29, 0.717) is 6.54 Å². The van der Waals surface area contributed by atoms with Gasteiger partial charge in [-0.05, 0) is 26.3 Å². The summed E-state index contributed by atoms with van der Waals surface area (Å²) in [4.78, 5) is 2.30. The van der Waals surface area contributed by atoms with Crippen LogP contribution >= 0.6 is 0 Å². The molecule has 0 saturated carbocycles. The van der Waals surface area contributed by atoms with Crippen LogP contribution in [0.15, 0.2) is 0 Å². The highest BCUT2D eigenvalue weighted by Gasteiger charge is 2.39. The molecule has 0 aromatic rings. The van der Waals surface area contributed by atoms with Crippen molar-refractivity contribution in [1.82, 2.24) is 10.2 Å². The molecule has 136 valence electrons. The first-order valence-corrected chi connectivity index (χ1v) is 9.58. The average molecular weight is 330 g/mol. The van der Waals surface area contributed by atoms with E-state index in [9.17, 15) is 4.39 Å². The van der Waals surface area contributed by atoms with Crippen LogP contribution in [0.25, 0.3) is 0 Å². The van der Waals surface area contributed by atoms with E-state index in [-0.39, 0.29) is 18.2 Å². The monoisotopic (exact) mass is 329 g/mol. The van der Waals surface area contributed by atoms with Gasteiger partial charge in [-0.1, -0.05) is 39.0 Å². The van der Waals surface area contributed by atoms with Crippen LogP contribution in [-0.2, 0) is 4.74 Å². The lowest BCUT2D eigenvalue weighted by atomic mass is 9.90. The number of nitrogens with two attached hydrogens (primary N) is 1. The second-order valence-electron chi connectivity index (χ2n) is 7.41. The number of hydrogen-bond donors (Lipinski definition) is 2. The first-order chi connectivity index (χ1) is 11.1. The molecular weight excluding hydrogens is 293 g/mol. The molecule has 23 heavy (non-hydrogen) atoms. The summed E-state index contributed by atoms with van der Waals surface area (Å²) in [5.41, 5.74) is 6.36. The van der Waals surface area contributed by atoms with Gasteiger partial charge in [0.15, 0.2) is 0 Å². The molecule has 0 aliphatic carbocycles. The Balaban J connectivity index is 1.76. The fraction of sp³-hybridized carbons (Fsp3) is 1.00. The lowest BCUT2D eigenvalue weighted by Crippen LogP contribution is -2.63. The number of rotatable bonds is 8. The van der Waals surface area contributed by atoms with Gasteiger partial charge >= 0.3 is 0 Å². The molecule has 0 spiro atoms. The number of likely N-dealkylation sites (tertiary alicyclic amines) is 1. The number of piperidine rings is 2. The molecule has 3 N–H and O–H groups in total. The van der Waals surface area contributed by atoms with Crippen molar-refractivity contribution in [1.29, 1.82) is 0 Å². The highest BCUT2D eigenvalue weighted by Crippen LogP contribution is 2.23. The quantitative estimate of drug-likeness (QED) is 0.672. The lowest BCUT2D eigenvalue weighted by molar-refractivity contribution is -0.0971. The van der Waals surface area contributed by atoms with Crippen LogP contribution < -0.4 is 11.1 Å². The topological polar surface area (TPSA) is 50.5 Å². The van der Waals surface area contributed by atoms with Gasteiger partial charge in [0, 0.05) is 31.7 Å². The van der Waals surface area contributed by atoms with Crippen molar-refractivity contribution in [2.24, 2.45) is 5.73 Å². The zero-order valence-electron chi connectivity index (χ0n) is 15.0. The highest BCUT2D eigenvalue weighted by molar-refractivity contribution is 4.96. The van der Waals surface area contributed by atoms with Crippen LogP contribution in [0.5, 0.6) is 0 Å². The van der Waals surface area contributed by atoms with E-state index in [1.807, 2.05) is 0 Å². The molecule has 2 heterocycles. The number of hydrogen-bond acceptors (Lipinski definition) is 4. The van der Waals surface area contributed by atoms with Crippen molar-refractivity contribution >= 4 is 0 Å². The van der Waals surface area contributed by atoms with Gasteiger partial charge < -0.3 is 20.7 Å². The highest BCUT2D eigenvalue weighted by atomic mass is 19.1. The van der Waals surface area contributed by atoms with Gasteiger partial charge in [-0.25, -0.2) is 4.39 Å². The zero-order valence-corrected chi connectivity index (χ0v) is 15.0. The Bertz CT molecular complexity index is 323. The van der Waals surface area contributed by atoms with Crippen LogP contribution in [0.4, 0.5) is 4.39 Å². The number of alkyl halides is 1. The van der Waals surface area contributed by atoms with Gasteiger partial charge in [0.1, 0.15) is 12.3 Å². The van der Waals surface area contributed by atoms with E-state index in [2.05, 4.69) is 24.2 Å². The summed E-state index contributed by atoms with van der Waals surface area (Å²) < 4.78 is 20.4. The maximum atomic E-state index is 14.3. The minimum atomic E-state index is -0.985. The Morgan fingerprint density at radius 1 is 1.17 bits per heavy atom. The Labute approximate surface area is 141 Å². The van der Waals surface area contributed by atoms with E-state index in [4.69, 9.17) is 10.5 Å². The first kappa shape index (κ1) is 19.1. The summed E-state index contributed by atoms with van der Waals surface area (Å²) in [5, 5.41) is 3.30. The summed E-state index contributed by atoms with van der Waals surface area (Å²) in [6.07, 6.45) is 8.03. The molecule has 0 amide bonds. The molecule has 2 rings (SSSR count). The van der Waals surface area contributed by atoms with Crippen molar-refractivity contribution in [3.8, 4) is 0 Å². The summed E-state index contributed by atoms with van der Waals surface area (Å²) >= 11 is 0. The molecule has 2 aliphatic heterocycles. The van der Waals surface area contributed by atoms with E-state index in [1.165, 1.54) is 32.1 Å². The van der Waals surface area contributed by atoms with E-state index in [1.54, 1.807) is 0 Å². The maximum Gasteiger partial charge on any atom is 0.140 e. The Kier molecular flexibility index (Phi) is 8.24. The Morgan fingerprint density at radius 3 is 2.57 bits per heavy atom. The third-order valence-corrected chi connectivity index (χ3v) is 5.41. The number of unbranched alkanes of at least 4 members (excludes halogenated alkanes) is 4. The molecule has 3 unspecified atom stereocenters. The second-order valence-corrected chi connectivity index (χ2v) is 7.41. The van der Waals surface area contributed by atoms with Crippen molar-refractivity contribution in [2.45, 2.75) is 88.8 Å². The predicted octanol–water partition coefficient (Wildman–Crippen LogP) is 2.46. The van der Waals surface area contributed by atoms with Gasteiger partial charge in [0.05, 0.1) is 6.10 Å². The fourth-order valence-corrected chi connectivity index (χ4v) is 3.77. The Morgan fingerprint density at radius 2 is 1.87 bits per heavy atom. The third-order valence-electron chi connectivity index (χ3n) is 5.41. The molecule has 0 aromatic heterocycles. The lowest BCUT2D eigenvalue weighted by Gasteiger charge is -2.41. The van der Waals surface area contributed by atoms with Crippen LogP contribution in [0.2, 0.25) is 0 Å². The van der Waals surface area contributed by atoms with E-state index in [0.717, 1.165) is 32.4 Å². The normalized spacial score (nSPS) is 33.9. The van der Waals surface area contributed by atoms with E-state index >= 15 is 0 Å². The number of nitrogens with one attached hydrogen (secondary N) is 1. The number of ether oxygens (including phenoxy) is 1. The van der Waals surface area contributed by atoms with Gasteiger partial charge in [0.2, 0.25) is 0 Å². The van der Waals surface area contributed by atoms with Crippen LogP contribution in [-0.4, -0.2) is 62.0 Å². The molecule has 2 fully saturated rings. The van der Waals surface area contributed by atoms with Crippen molar-refractivity contribution in [3.05, 3.63) is 0 Å². The summed E-state index contributed by atoms with van der Waals surface area (Å²) in [5.74, 6) is 0. The molecule has 4 nitrogen and oxygen atoms in total. The van der Waals surface area contributed by atoms with Gasteiger partial charge in [-0.15, -0.1) is 0 Å². The fourth-order valence-electron chi connectivity index (χ4n) is 3.77. The third kappa shape index (κ3) is 5.96. The number of nitrogens with zero attached hydrogens (tertiary/aromatic N) is 1. The maximum absolute atomic E-state index is 14.3. The smallest absolute Gasteiger partial charge is 0.140 e. The summed E-state index contributed by atoms with van der Waals surface area (Å²) in [6.45, 7) is 4.67. The van der Waals surface area contributed by atoms with Crippen molar-refractivity contribution < 1.29 is 9.13 Å². The molecular formula is C18H36FN3O. The molecule has 0 bridgehead atoms. The second kappa shape index (κ2) is 9.92.